The molecule has 2 N–H and O–H groups in total. The van der Waals surface area contributed by atoms with Gasteiger partial charge in [0, 0.05) is 48.3 Å². The third-order valence-electron chi connectivity index (χ3n) is 5.23. The van der Waals surface area contributed by atoms with Crippen molar-refractivity contribution in [2.45, 2.75) is 12.1 Å². The van der Waals surface area contributed by atoms with Crippen molar-refractivity contribution in [3.8, 4) is 0 Å². The molecule has 2 atom stereocenters. The number of halogens is 6. The van der Waals surface area contributed by atoms with Crippen LogP contribution in [0.25, 0.3) is 0 Å². The van der Waals surface area contributed by atoms with E-state index in [9.17, 15) is 19.0 Å². The van der Waals surface area contributed by atoms with Crippen molar-refractivity contribution in [3.63, 3.8) is 0 Å². The van der Waals surface area contributed by atoms with Crippen LogP contribution in [-0.2, 0) is 0 Å². The number of hydrogen-bond acceptors (Lipinski definition) is 4. The Bertz CT molecular complexity index is 851. The molecule has 10 heteroatoms. The Hall–Kier alpha value is -0.700. The summed E-state index contributed by atoms with van der Waals surface area (Å²) in [6.07, 6.45) is 0. The van der Waals surface area contributed by atoms with E-state index in [1.807, 2.05) is 9.80 Å². The van der Waals surface area contributed by atoms with Crippen LogP contribution in [0.2, 0.25) is 20.1 Å². The third-order valence-corrected chi connectivity index (χ3v) is 6.47. The average molecular weight is 500 g/mol. The van der Waals surface area contributed by atoms with Gasteiger partial charge >= 0.3 is 0 Å². The summed E-state index contributed by atoms with van der Waals surface area (Å²) in [4.78, 5) is 3.85. The molecule has 2 aromatic rings. The largest absolute Gasteiger partial charge is 0.395 e. The fourth-order valence-corrected chi connectivity index (χ4v) is 4.90. The van der Waals surface area contributed by atoms with Crippen molar-refractivity contribution >= 4 is 46.4 Å². The van der Waals surface area contributed by atoms with Crippen molar-refractivity contribution in [1.82, 2.24) is 9.80 Å². The average Bonchev–Trinajstić information content (AvgIpc) is 2.69. The van der Waals surface area contributed by atoms with E-state index in [0.717, 1.165) is 0 Å². The molecule has 30 heavy (non-hydrogen) atoms. The van der Waals surface area contributed by atoms with Crippen LogP contribution in [0.15, 0.2) is 24.3 Å². The van der Waals surface area contributed by atoms with E-state index >= 15 is 0 Å². The van der Waals surface area contributed by atoms with Gasteiger partial charge in [-0.05, 0) is 35.4 Å². The topological polar surface area (TPSA) is 46.9 Å². The number of rotatable bonds is 6. The fourth-order valence-electron chi connectivity index (χ4n) is 3.88. The molecule has 0 amide bonds. The lowest BCUT2D eigenvalue weighted by Gasteiger charge is -2.47. The molecule has 1 aliphatic rings. The first kappa shape index (κ1) is 24.0. The summed E-state index contributed by atoms with van der Waals surface area (Å²) >= 11 is 24.5. The molecule has 0 aliphatic carbocycles. The Morgan fingerprint density at radius 2 is 1.17 bits per heavy atom. The summed E-state index contributed by atoms with van der Waals surface area (Å²) in [5.74, 6) is -1.24. The Balaban J connectivity index is 2.12. The molecule has 2 aromatic carbocycles. The maximum Gasteiger partial charge on any atom is 0.142 e. The van der Waals surface area contributed by atoms with Gasteiger partial charge in [0.1, 0.15) is 11.6 Å². The summed E-state index contributed by atoms with van der Waals surface area (Å²) in [5, 5.41) is 19.5. The zero-order chi connectivity index (χ0) is 22.0. The molecule has 1 heterocycles. The lowest BCUT2D eigenvalue weighted by molar-refractivity contribution is 0.00425. The summed E-state index contributed by atoms with van der Waals surface area (Å²) < 4.78 is 28.5. The minimum Gasteiger partial charge on any atom is -0.395 e. The standard InChI is InChI=1S/C20H20Cl4F2N2O2/c21-13-7-15(23)17(25)5-11(13)19-9-27(1-3-29)10-20(28(19)2-4-30)12-6-18(26)16(24)8-14(12)22/h5-8,19-20,29-30H,1-4,9-10H2. The molecule has 0 radical (unpaired) electrons. The van der Waals surface area contributed by atoms with Gasteiger partial charge in [-0.2, -0.15) is 0 Å². The van der Waals surface area contributed by atoms with E-state index in [4.69, 9.17) is 46.4 Å². The second kappa shape index (κ2) is 10.3. The summed E-state index contributed by atoms with van der Waals surface area (Å²) in [7, 11) is 0. The molecule has 3 rings (SSSR count). The number of nitrogens with zero attached hydrogens (tertiary/aromatic N) is 2. The summed E-state index contributed by atoms with van der Waals surface area (Å²) in [6, 6.07) is 4.28. The highest BCUT2D eigenvalue weighted by atomic mass is 35.5. The van der Waals surface area contributed by atoms with Gasteiger partial charge in [0.25, 0.3) is 0 Å². The van der Waals surface area contributed by atoms with Gasteiger partial charge in [0.2, 0.25) is 0 Å². The Kier molecular flexibility index (Phi) is 8.21. The number of aliphatic hydroxyl groups is 2. The number of β-amino-alcohol motifs (C(OH)–C–C–N with tert-alkyl or cyclic N) is 2. The van der Waals surface area contributed by atoms with E-state index in [-0.39, 0.29) is 39.8 Å². The zero-order valence-corrected chi connectivity index (χ0v) is 18.8. The smallest absolute Gasteiger partial charge is 0.142 e. The quantitative estimate of drug-likeness (QED) is 0.551. The number of hydrogen-bond donors (Lipinski definition) is 2. The molecule has 0 saturated carbocycles. The van der Waals surface area contributed by atoms with Crippen LogP contribution in [0.5, 0.6) is 0 Å². The van der Waals surface area contributed by atoms with E-state index in [1.54, 1.807) is 0 Å². The number of aliphatic hydroxyl groups excluding tert-OH is 2. The first-order valence-electron chi connectivity index (χ1n) is 9.25. The Labute approximate surface area is 193 Å². The van der Waals surface area contributed by atoms with Gasteiger partial charge in [0.15, 0.2) is 0 Å². The van der Waals surface area contributed by atoms with E-state index in [0.29, 0.717) is 30.8 Å². The summed E-state index contributed by atoms with van der Waals surface area (Å²) in [6.45, 7) is 1.10. The minimum absolute atomic E-state index is 0.0924. The highest BCUT2D eigenvalue weighted by Gasteiger charge is 2.38. The molecule has 164 valence electrons. The van der Waals surface area contributed by atoms with Gasteiger partial charge in [-0.3, -0.25) is 9.80 Å². The molecular weight excluding hydrogens is 480 g/mol. The first-order chi connectivity index (χ1) is 14.3. The predicted octanol–water partition coefficient (Wildman–Crippen LogP) is 4.96. The minimum atomic E-state index is -0.619. The van der Waals surface area contributed by atoms with Crippen LogP contribution >= 0.6 is 46.4 Å². The van der Waals surface area contributed by atoms with Gasteiger partial charge in [-0.15, -0.1) is 0 Å². The number of benzene rings is 2. The highest BCUT2D eigenvalue weighted by molar-refractivity contribution is 6.35. The second-order valence-electron chi connectivity index (χ2n) is 7.05. The van der Waals surface area contributed by atoms with Gasteiger partial charge in [-0.1, -0.05) is 46.4 Å². The van der Waals surface area contributed by atoms with E-state index < -0.39 is 23.7 Å². The Morgan fingerprint density at radius 3 is 1.57 bits per heavy atom. The van der Waals surface area contributed by atoms with Gasteiger partial charge in [-0.25, -0.2) is 8.78 Å². The Morgan fingerprint density at radius 1 is 0.733 bits per heavy atom. The third kappa shape index (κ3) is 5.03. The molecule has 0 aromatic heterocycles. The molecule has 1 saturated heterocycles. The molecule has 2 unspecified atom stereocenters. The molecule has 4 nitrogen and oxygen atoms in total. The first-order valence-corrected chi connectivity index (χ1v) is 10.8. The van der Waals surface area contributed by atoms with Crippen LogP contribution in [0.3, 0.4) is 0 Å². The molecular formula is C20H20Cl4F2N2O2. The van der Waals surface area contributed by atoms with E-state index in [2.05, 4.69) is 0 Å². The zero-order valence-electron chi connectivity index (χ0n) is 15.8. The SMILES string of the molecule is OCCN1CC(c2cc(F)c(Cl)cc2Cl)N(CCO)C(c2cc(F)c(Cl)cc2Cl)C1. The maximum absolute atomic E-state index is 14.3. The lowest BCUT2D eigenvalue weighted by Crippen LogP contribution is -2.51. The van der Waals surface area contributed by atoms with Crippen LogP contribution in [0.1, 0.15) is 23.2 Å². The fraction of sp³-hybridized carbons (Fsp3) is 0.400. The van der Waals surface area contributed by atoms with Crippen LogP contribution < -0.4 is 0 Å². The van der Waals surface area contributed by atoms with Crippen molar-refractivity contribution in [2.75, 3.05) is 39.4 Å². The van der Waals surface area contributed by atoms with E-state index in [1.165, 1.54) is 24.3 Å². The van der Waals surface area contributed by atoms with Crippen LogP contribution in [0, 0.1) is 11.6 Å². The maximum atomic E-state index is 14.3. The molecule has 1 fully saturated rings. The van der Waals surface area contributed by atoms with Crippen molar-refractivity contribution in [2.24, 2.45) is 0 Å². The predicted molar refractivity (Wildman–Crippen MR) is 116 cm³/mol. The highest BCUT2D eigenvalue weighted by Crippen LogP contribution is 2.42. The second-order valence-corrected chi connectivity index (χ2v) is 8.68. The van der Waals surface area contributed by atoms with Gasteiger partial charge < -0.3 is 10.2 Å². The lowest BCUT2D eigenvalue weighted by atomic mass is 9.94. The summed E-state index contributed by atoms with van der Waals surface area (Å²) in [5.41, 5.74) is 0.954. The van der Waals surface area contributed by atoms with Crippen LogP contribution in [-0.4, -0.2) is 59.4 Å². The van der Waals surface area contributed by atoms with Crippen molar-refractivity contribution in [1.29, 1.82) is 0 Å². The van der Waals surface area contributed by atoms with Crippen LogP contribution in [0.4, 0.5) is 8.78 Å². The normalized spacial score (nSPS) is 20.7. The molecule has 1 aliphatic heterocycles. The van der Waals surface area contributed by atoms with Gasteiger partial charge in [0.05, 0.1) is 23.3 Å². The molecule has 0 spiro atoms. The van der Waals surface area contributed by atoms with Crippen molar-refractivity contribution < 1.29 is 19.0 Å². The molecule has 0 bridgehead atoms. The van der Waals surface area contributed by atoms with Crippen molar-refractivity contribution in [3.05, 3.63) is 67.1 Å². The monoisotopic (exact) mass is 498 g/mol. The number of piperazine rings is 1.